The number of rotatable bonds is 7. The van der Waals surface area contributed by atoms with Crippen LogP contribution >= 0.6 is 34.8 Å². The first-order valence-electron chi connectivity index (χ1n) is 8.80. The van der Waals surface area contributed by atoms with Crippen LogP contribution in [0.15, 0.2) is 66.7 Å². The summed E-state index contributed by atoms with van der Waals surface area (Å²) in [5.41, 5.74) is 1.52. The second-order valence-corrected chi connectivity index (χ2v) is 7.52. The Morgan fingerprint density at radius 1 is 0.897 bits per heavy atom. The van der Waals surface area contributed by atoms with Crippen LogP contribution in [0.5, 0.6) is 11.5 Å². The Morgan fingerprint density at radius 2 is 1.55 bits per heavy atom. The van der Waals surface area contributed by atoms with Gasteiger partial charge in [-0.3, -0.25) is 4.79 Å². The Hall–Kier alpha value is -2.40. The van der Waals surface area contributed by atoms with Crippen molar-refractivity contribution in [3.63, 3.8) is 0 Å². The fourth-order valence-electron chi connectivity index (χ4n) is 2.44. The van der Waals surface area contributed by atoms with E-state index in [2.05, 4.69) is 5.32 Å². The molecule has 0 aromatic heterocycles. The van der Waals surface area contributed by atoms with Crippen molar-refractivity contribution in [2.45, 2.75) is 19.6 Å². The molecule has 1 unspecified atom stereocenters. The molecule has 1 amide bonds. The molecule has 0 aliphatic heterocycles. The average Bonchev–Trinajstić information content (AvgIpc) is 2.71. The third-order valence-corrected chi connectivity index (χ3v) is 5.00. The van der Waals surface area contributed by atoms with Gasteiger partial charge >= 0.3 is 0 Å². The highest BCUT2D eigenvalue weighted by Crippen LogP contribution is 2.25. The Labute approximate surface area is 184 Å². The lowest BCUT2D eigenvalue weighted by molar-refractivity contribution is -0.122. The van der Waals surface area contributed by atoms with E-state index in [0.29, 0.717) is 33.1 Å². The number of ether oxygens (including phenoxy) is 2. The lowest BCUT2D eigenvalue weighted by atomic mass is 10.2. The Morgan fingerprint density at radius 3 is 2.21 bits per heavy atom. The molecule has 0 spiro atoms. The Kier molecular flexibility index (Phi) is 7.26. The minimum atomic E-state index is -0.694. The molecule has 3 rings (SSSR count). The van der Waals surface area contributed by atoms with E-state index >= 15 is 0 Å². The van der Waals surface area contributed by atoms with Gasteiger partial charge in [0.25, 0.3) is 5.91 Å². The van der Waals surface area contributed by atoms with Gasteiger partial charge in [-0.1, -0.05) is 46.9 Å². The summed E-state index contributed by atoms with van der Waals surface area (Å²) in [5, 5.41) is 4.21. The molecule has 1 N–H and O–H groups in total. The Balaban J connectivity index is 1.52. The molecular weight excluding hydrogens is 433 g/mol. The highest BCUT2D eigenvalue weighted by atomic mass is 35.5. The molecule has 3 aromatic carbocycles. The summed E-state index contributed by atoms with van der Waals surface area (Å²) in [6.07, 6.45) is -0.694. The van der Waals surface area contributed by atoms with Gasteiger partial charge in [0.05, 0.1) is 10.0 Å². The van der Waals surface area contributed by atoms with Gasteiger partial charge < -0.3 is 14.8 Å². The maximum Gasteiger partial charge on any atom is 0.265 e. The second kappa shape index (κ2) is 9.88. The van der Waals surface area contributed by atoms with E-state index < -0.39 is 6.10 Å². The lowest BCUT2D eigenvalue weighted by Crippen LogP contribution is -2.30. The van der Waals surface area contributed by atoms with Crippen LogP contribution in [-0.2, 0) is 11.4 Å². The number of halogens is 3. The zero-order chi connectivity index (χ0) is 20.8. The van der Waals surface area contributed by atoms with Gasteiger partial charge in [-0.05, 0) is 67.1 Å². The van der Waals surface area contributed by atoms with Crippen LogP contribution in [0, 0.1) is 0 Å². The quantitative estimate of drug-likeness (QED) is 0.439. The summed E-state index contributed by atoms with van der Waals surface area (Å²) >= 11 is 17.7. The third-order valence-electron chi connectivity index (χ3n) is 4.01. The molecule has 0 aliphatic rings. The molecule has 4 nitrogen and oxygen atoms in total. The van der Waals surface area contributed by atoms with E-state index in [4.69, 9.17) is 44.3 Å². The molecule has 0 aliphatic carbocycles. The van der Waals surface area contributed by atoms with Crippen LogP contribution in [0.25, 0.3) is 0 Å². The van der Waals surface area contributed by atoms with E-state index in [1.165, 1.54) is 0 Å². The molecule has 3 aromatic rings. The summed E-state index contributed by atoms with van der Waals surface area (Å²) in [5.74, 6) is 1.03. The van der Waals surface area contributed by atoms with E-state index in [0.717, 1.165) is 11.3 Å². The van der Waals surface area contributed by atoms with E-state index in [-0.39, 0.29) is 5.91 Å². The zero-order valence-electron chi connectivity index (χ0n) is 15.5. The van der Waals surface area contributed by atoms with Crippen LogP contribution in [-0.4, -0.2) is 12.0 Å². The van der Waals surface area contributed by atoms with Crippen molar-refractivity contribution in [3.8, 4) is 11.5 Å². The van der Waals surface area contributed by atoms with Gasteiger partial charge in [-0.15, -0.1) is 0 Å². The van der Waals surface area contributed by atoms with Gasteiger partial charge in [0.1, 0.15) is 18.1 Å². The number of anilines is 1. The summed E-state index contributed by atoms with van der Waals surface area (Å²) in [6, 6.07) is 19.4. The van der Waals surface area contributed by atoms with Crippen LogP contribution in [0.1, 0.15) is 12.5 Å². The molecule has 29 heavy (non-hydrogen) atoms. The average molecular weight is 451 g/mol. The minimum Gasteiger partial charge on any atom is -0.489 e. The lowest BCUT2D eigenvalue weighted by Gasteiger charge is -2.15. The van der Waals surface area contributed by atoms with E-state index in [9.17, 15) is 4.79 Å². The van der Waals surface area contributed by atoms with Gasteiger partial charge in [-0.25, -0.2) is 0 Å². The molecule has 0 saturated carbocycles. The monoisotopic (exact) mass is 449 g/mol. The largest absolute Gasteiger partial charge is 0.489 e. The molecule has 0 fully saturated rings. The van der Waals surface area contributed by atoms with Gasteiger partial charge in [0, 0.05) is 10.7 Å². The first kappa shape index (κ1) is 21.3. The SMILES string of the molecule is CC(Oc1ccc(COc2ccc(Cl)cc2)cc1)C(=O)Nc1ccc(Cl)c(Cl)c1. The highest BCUT2D eigenvalue weighted by Gasteiger charge is 2.15. The number of hydrogen-bond donors (Lipinski definition) is 1. The summed E-state index contributed by atoms with van der Waals surface area (Å²) in [7, 11) is 0. The number of nitrogens with one attached hydrogen (secondary N) is 1. The van der Waals surface area contributed by atoms with E-state index in [1.807, 2.05) is 24.3 Å². The number of hydrogen-bond acceptors (Lipinski definition) is 3. The van der Waals surface area contributed by atoms with Crippen molar-refractivity contribution in [1.29, 1.82) is 0 Å². The van der Waals surface area contributed by atoms with Crippen molar-refractivity contribution < 1.29 is 14.3 Å². The van der Waals surface area contributed by atoms with Crippen molar-refractivity contribution in [1.82, 2.24) is 0 Å². The number of amides is 1. The molecule has 0 bridgehead atoms. The topological polar surface area (TPSA) is 47.6 Å². The molecule has 0 saturated heterocycles. The molecule has 0 heterocycles. The van der Waals surface area contributed by atoms with Gasteiger partial charge in [0.15, 0.2) is 6.10 Å². The number of carbonyl (C=O) groups is 1. The highest BCUT2D eigenvalue weighted by molar-refractivity contribution is 6.42. The van der Waals surface area contributed by atoms with Gasteiger partial charge in [-0.2, -0.15) is 0 Å². The van der Waals surface area contributed by atoms with Crippen molar-refractivity contribution >= 4 is 46.4 Å². The first-order chi connectivity index (χ1) is 13.9. The summed E-state index contributed by atoms with van der Waals surface area (Å²) in [6.45, 7) is 2.08. The van der Waals surface area contributed by atoms with E-state index in [1.54, 1.807) is 49.4 Å². The second-order valence-electron chi connectivity index (χ2n) is 6.26. The minimum absolute atomic E-state index is 0.293. The van der Waals surface area contributed by atoms with Gasteiger partial charge in [0.2, 0.25) is 0 Å². The molecular formula is C22H18Cl3NO3. The normalized spacial score (nSPS) is 11.6. The fourth-order valence-corrected chi connectivity index (χ4v) is 2.86. The first-order valence-corrected chi connectivity index (χ1v) is 9.94. The number of carbonyl (C=O) groups excluding carboxylic acids is 1. The van der Waals surface area contributed by atoms with Crippen LogP contribution in [0.4, 0.5) is 5.69 Å². The number of benzene rings is 3. The predicted molar refractivity (Wildman–Crippen MR) is 117 cm³/mol. The summed E-state index contributed by atoms with van der Waals surface area (Å²) < 4.78 is 11.4. The predicted octanol–water partition coefficient (Wildman–Crippen LogP) is 6.63. The maximum atomic E-state index is 12.3. The zero-order valence-corrected chi connectivity index (χ0v) is 17.8. The van der Waals surface area contributed by atoms with Crippen LogP contribution in [0.2, 0.25) is 15.1 Å². The molecule has 0 radical (unpaired) electrons. The van der Waals surface area contributed by atoms with Crippen LogP contribution < -0.4 is 14.8 Å². The standard InChI is InChI=1S/C22H18Cl3NO3/c1-14(22(27)26-17-6-11-20(24)21(25)12-17)29-19-7-2-15(3-8-19)13-28-18-9-4-16(23)5-10-18/h2-12,14H,13H2,1H3,(H,26,27). The summed E-state index contributed by atoms with van der Waals surface area (Å²) in [4.78, 5) is 12.3. The fraction of sp³-hybridized carbons (Fsp3) is 0.136. The molecule has 1 atom stereocenters. The molecule has 7 heteroatoms. The van der Waals surface area contributed by atoms with Crippen molar-refractivity contribution in [2.75, 3.05) is 5.32 Å². The van der Waals surface area contributed by atoms with Crippen LogP contribution in [0.3, 0.4) is 0 Å². The Bertz CT molecular complexity index is 976. The smallest absolute Gasteiger partial charge is 0.265 e. The molecule has 150 valence electrons. The van der Waals surface area contributed by atoms with Crippen molar-refractivity contribution in [3.05, 3.63) is 87.4 Å². The third kappa shape index (κ3) is 6.29. The van der Waals surface area contributed by atoms with Crippen molar-refractivity contribution in [2.24, 2.45) is 0 Å². The maximum absolute atomic E-state index is 12.3.